The number of nitrogens with zero attached hydrogens (tertiary/aromatic N) is 1. The maximum absolute atomic E-state index is 12.0. The van der Waals surface area contributed by atoms with Crippen molar-refractivity contribution in [3.8, 4) is 5.75 Å². The zero-order valence-electron chi connectivity index (χ0n) is 11.0. The monoisotopic (exact) mass is 291 g/mol. The predicted octanol–water partition coefficient (Wildman–Crippen LogP) is 1.76. The number of rotatable bonds is 4. The fourth-order valence-corrected chi connectivity index (χ4v) is 2.16. The average Bonchev–Trinajstić information content (AvgIpc) is 2.95. The molecular formula is C13H13N3O3S. The molecule has 0 aliphatic heterocycles. The van der Waals surface area contributed by atoms with Crippen LogP contribution < -0.4 is 15.4 Å². The summed E-state index contributed by atoms with van der Waals surface area (Å²) < 4.78 is 5.02. The smallest absolute Gasteiger partial charge is 0.270 e. The Balaban J connectivity index is 2.07. The third-order valence-corrected chi connectivity index (χ3v) is 3.29. The van der Waals surface area contributed by atoms with E-state index in [2.05, 4.69) is 15.6 Å². The molecule has 104 valence electrons. The van der Waals surface area contributed by atoms with Crippen LogP contribution in [0.3, 0.4) is 0 Å². The third-order valence-electron chi connectivity index (χ3n) is 2.54. The molecule has 0 aliphatic rings. The summed E-state index contributed by atoms with van der Waals surface area (Å²) in [7, 11) is 3.09. The molecular weight excluding hydrogens is 278 g/mol. The van der Waals surface area contributed by atoms with Gasteiger partial charge in [0.25, 0.3) is 11.8 Å². The lowest BCUT2D eigenvalue weighted by molar-refractivity contribution is 0.0957. The van der Waals surface area contributed by atoms with Crippen LogP contribution in [0.5, 0.6) is 5.75 Å². The molecule has 1 aromatic carbocycles. The van der Waals surface area contributed by atoms with E-state index in [0.29, 0.717) is 16.4 Å². The van der Waals surface area contributed by atoms with Crippen molar-refractivity contribution < 1.29 is 14.3 Å². The minimum atomic E-state index is -0.287. The van der Waals surface area contributed by atoms with Gasteiger partial charge in [-0.05, 0) is 24.3 Å². The van der Waals surface area contributed by atoms with Crippen molar-refractivity contribution in [1.82, 2.24) is 10.3 Å². The number of anilines is 1. The molecule has 0 bridgehead atoms. The standard InChI is InChI=1S/C13H13N3O3S/c1-14-12(18)10-7-20-13(15-10)16-11(17)8-3-5-9(19-2)6-4-8/h3-7H,1-2H3,(H,14,18)(H,15,16,17). The van der Waals surface area contributed by atoms with Gasteiger partial charge in [-0.25, -0.2) is 4.98 Å². The number of hydrogen-bond donors (Lipinski definition) is 2. The van der Waals surface area contributed by atoms with Crippen LogP contribution in [0.4, 0.5) is 5.13 Å². The highest BCUT2D eigenvalue weighted by atomic mass is 32.1. The summed E-state index contributed by atoms with van der Waals surface area (Å²) in [5, 5.41) is 7.08. The van der Waals surface area contributed by atoms with Gasteiger partial charge in [-0.3, -0.25) is 14.9 Å². The second-order valence-corrected chi connectivity index (χ2v) is 4.66. The minimum absolute atomic E-state index is 0.280. The Labute approximate surface area is 119 Å². The van der Waals surface area contributed by atoms with Crippen molar-refractivity contribution in [2.45, 2.75) is 0 Å². The first-order valence-electron chi connectivity index (χ1n) is 5.77. The van der Waals surface area contributed by atoms with Crippen LogP contribution in [0.1, 0.15) is 20.8 Å². The van der Waals surface area contributed by atoms with Gasteiger partial charge in [0.05, 0.1) is 7.11 Å². The van der Waals surface area contributed by atoms with Crippen molar-refractivity contribution in [3.63, 3.8) is 0 Å². The second-order valence-electron chi connectivity index (χ2n) is 3.80. The van der Waals surface area contributed by atoms with E-state index in [0.717, 1.165) is 0 Å². The molecule has 0 unspecified atom stereocenters. The van der Waals surface area contributed by atoms with Gasteiger partial charge in [0.15, 0.2) is 5.13 Å². The quantitative estimate of drug-likeness (QED) is 0.899. The van der Waals surface area contributed by atoms with E-state index in [-0.39, 0.29) is 17.5 Å². The van der Waals surface area contributed by atoms with E-state index < -0.39 is 0 Å². The molecule has 1 heterocycles. The molecule has 0 fully saturated rings. The van der Waals surface area contributed by atoms with Crippen LogP contribution in [0.25, 0.3) is 0 Å². The van der Waals surface area contributed by atoms with Gasteiger partial charge in [0, 0.05) is 18.0 Å². The van der Waals surface area contributed by atoms with E-state index >= 15 is 0 Å². The molecule has 20 heavy (non-hydrogen) atoms. The summed E-state index contributed by atoms with van der Waals surface area (Å²) in [6, 6.07) is 6.71. The fraction of sp³-hybridized carbons (Fsp3) is 0.154. The van der Waals surface area contributed by atoms with Crippen LogP contribution in [0.2, 0.25) is 0 Å². The van der Waals surface area contributed by atoms with Crippen molar-refractivity contribution in [1.29, 1.82) is 0 Å². The van der Waals surface area contributed by atoms with Gasteiger partial charge in [-0.15, -0.1) is 11.3 Å². The van der Waals surface area contributed by atoms with Gasteiger partial charge in [0.2, 0.25) is 0 Å². The van der Waals surface area contributed by atoms with Gasteiger partial charge in [-0.1, -0.05) is 0 Å². The lowest BCUT2D eigenvalue weighted by Crippen LogP contribution is -2.18. The first-order chi connectivity index (χ1) is 9.63. The number of ether oxygens (including phenoxy) is 1. The van der Waals surface area contributed by atoms with E-state index in [1.165, 1.54) is 18.4 Å². The summed E-state index contributed by atoms with van der Waals surface area (Å²) in [5.74, 6) is 0.106. The first kappa shape index (κ1) is 14.0. The number of carbonyl (C=O) groups is 2. The number of methoxy groups -OCH3 is 1. The topological polar surface area (TPSA) is 80.3 Å². The van der Waals surface area contributed by atoms with E-state index in [9.17, 15) is 9.59 Å². The molecule has 7 heteroatoms. The Bertz CT molecular complexity index is 622. The first-order valence-corrected chi connectivity index (χ1v) is 6.65. The second kappa shape index (κ2) is 6.16. The van der Waals surface area contributed by atoms with Crippen molar-refractivity contribution >= 4 is 28.3 Å². The van der Waals surface area contributed by atoms with Crippen LogP contribution in [-0.2, 0) is 0 Å². The summed E-state index contributed by atoms with van der Waals surface area (Å²) in [6.45, 7) is 0. The summed E-state index contributed by atoms with van der Waals surface area (Å²) in [4.78, 5) is 27.4. The number of thiazole rings is 1. The highest BCUT2D eigenvalue weighted by Gasteiger charge is 2.12. The zero-order chi connectivity index (χ0) is 14.5. The van der Waals surface area contributed by atoms with Gasteiger partial charge < -0.3 is 10.1 Å². The molecule has 0 saturated carbocycles. The Morgan fingerprint density at radius 1 is 1.20 bits per heavy atom. The lowest BCUT2D eigenvalue weighted by atomic mass is 10.2. The number of amides is 2. The normalized spacial score (nSPS) is 9.90. The predicted molar refractivity (Wildman–Crippen MR) is 76.5 cm³/mol. The number of aromatic nitrogens is 1. The van der Waals surface area contributed by atoms with Gasteiger partial charge in [-0.2, -0.15) is 0 Å². The Hall–Kier alpha value is -2.41. The largest absolute Gasteiger partial charge is 0.497 e. The highest BCUT2D eigenvalue weighted by Crippen LogP contribution is 2.17. The Morgan fingerprint density at radius 3 is 2.50 bits per heavy atom. The molecule has 2 amide bonds. The average molecular weight is 291 g/mol. The minimum Gasteiger partial charge on any atom is -0.497 e. The van der Waals surface area contributed by atoms with Crippen molar-refractivity contribution in [3.05, 3.63) is 40.9 Å². The number of carbonyl (C=O) groups excluding carboxylic acids is 2. The van der Waals surface area contributed by atoms with Crippen LogP contribution in [-0.4, -0.2) is 31.0 Å². The number of benzene rings is 1. The maximum Gasteiger partial charge on any atom is 0.270 e. The lowest BCUT2D eigenvalue weighted by Gasteiger charge is -2.03. The van der Waals surface area contributed by atoms with Crippen LogP contribution >= 0.6 is 11.3 Å². The third kappa shape index (κ3) is 3.12. The molecule has 2 N–H and O–H groups in total. The molecule has 0 spiro atoms. The molecule has 6 nitrogen and oxygen atoms in total. The zero-order valence-corrected chi connectivity index (χ0v) is 11.8. The van der Waals surface area contributed by atoms with Crippen LogP contribution in [0, 0.1) is 0 Å². The van der Waals surface area contributed by atoms with E-state index in [1.807, 2.05) is 0 Å². The SMILES string of the molecule is CNC(=O)c1csc(NC(=O)c2ccc(OC)cc2)n1. The van der Waals surface area contributed by atoms with E-state index in [4.69, 9.17) is 4.74 Å². The highest BCUT2D eigenvalue weighted by molar-refractivity contribution is 7.14. The molecule has 2 aromatic rings. The molecule has 2 rings (SSSR count). The van der Waals surface area contributed by atoms with Crippen LogP contribution in [0.15, 0.2) is 29.6 Å². The van der Waals surface area contributed by atoms with E-state index in [1.54, 1.807) is 36.8 Å². The number of nitrogens with one attached hydrogen (secondary N) is 2. The molecule has 0 atom stereocenters. The summed E-state index contributed by atoms with van der Waals surface area (Å²) in [5.41, 5.74) is 0.769. The Kier molecular flexibility index (Phi) is 4.31. The molecule has 0 aliphatic carbocycles. The molecule has 1 aromatic heterocycles. The number of hydrogen-bond acceptors (Lipinski definition) is 5. The van der Waals surface area contributed by atoms with Gasteiger partial charge in [0.1, 0.15) is 11.4 Å². The maximum atomic E-state index is 12.0. The Morgan fingerprint density at radius 2 is 1.90 bits per heavy atom. The molecule has 0 saturated heterocycles. The summed E-state index contributed by atoms with van der Waals surface area (Å²) in [6.07, 6.45) is 0. The molecule has 0 radical (unpaired) electrons. The fourth-order valence-electron chi connectivity index (χ4n) is 1.48. The van der Waals surface area contributed by atoms with Gasteiger partial charge >= 0.3 is 0 Å². The van der Waals surface area contributed by atoms with Crippen molar-refractivity contribution in [2.24, 2.45) is 0 Å². The van der Waals surface area contributed by atoms with Crippen molar-refractivity contribution in [2.75, 3.05) is 19.5 Å². The summed E-state index contributed by atoms with van der Waals surface area (Å²) >= 11 is 1.20.